The summed E-state index contributed by atoms with van der Waals surface area (Å²) < 4.78 is 10.7. The van der Waals surface area contributed by atoms with Crippen LogP contribution in [0.25, 0.3) is 0 Å². The van der Waals surface area contributed by atoms with Crippen molar-refractivity contribution in [1.29, 1.82) is 5.26 Å². The van der Waals surface area contributed by atoms with Crippen molar-refractivity contribution in [3.05, 3.63) is 53.6 Å². The van der Waals surface area contributed by atoms with E-state index in [4.69, 9.17) is 9.47 Å². The first-order valence-electron chi connectivity index (χ1n) is 13.3. The lowest BCUT2D eigenvalue weighted by Gasteiger charge is -2.41. The molecular weight excluding hydrogens is 482 g/mol. The highest BCUT2D eigenvalue weighted by Gasteiger charge is 2.48. The van der Waals surface area contributed by atoms with Gasteiger partial charge in [0.05, 0.1) is 37.3 Å². The van der Waals surface area contributed by atoms with Crippen LogP contribution in [0.4, 0.5) is 16.2 Å². The van der Waals surface area contributed by atoms with Gasteiger partial charge in [-0.05, 0) is 49.1 Å². The first-order chi connectivity index (χ1) is 18.5. The number of nitriles is 1. The van der Waals surface area contributed by atoms with Crippen LogP contribution in [0.2, 0.25) is 0 Å². The molecule has 2 heterocycles. The van der Waals surface area contributed by atoms with Gasteiger partial charge in [0.25, 0.3) is 0 Å². The van der Waals surface area contributed by atoms with Gasteiger partial charge in [0, 0.05) is 37.0 Å². The SMILES string of the molecule is COC[C@@H]1Nc2ccccc2[C@H]2[C@H]1CCN2C(=O)[C@H]1CCCC[C@H]1NC(=O)Nc1ccc(OC)c(C#N)c1. The number of methoxy groups -OCH3 is 2. The van der Waals surface area contributed by atoms with E-state index in [-0.39, 0.29) is 41.9 Å². The van der Waals surface area contributed by atoms with E-state index in [0.717, 1.165) is 43.4 Å². The monoisotopic (exact) mass is 517 g/mol. The van der Waals surface area contributed by atoms with Crippen LogP contribution in [0.15, 0.2) is 42.5 Å². The number of hydrogen-bond donors (Lipinski definition) is 3. The molecule has 38 heavy (non-hydrogen) atoms. The van der Waals surface area contributed by atoms with Crippen molar-refractivity contribution in [1.82, 2.24) is 10.2 Å². The summed E-state index contributed by atoms with van der Waals surface area (Å²) in [5.74, 6) is 0.567. The van der Waals surface area contributed by atoms with Gasteiger partial charge in [-0.2, -0.15) is 5.26 Å². The molecule has 5 rings (SSSR count). The van der Waals surface area contributed by atoms with E-state index < -0.39 is 0 Å². The van der Waals surface area contributed by atoms with E-state index in [0.29, 0.717) is 30.2 Å². The second-order valence-corrected chi connectivity index (χ2v) is 10.3. The lowest BCUT2D eigenvalue weighted by atomic mass is 9.81. The van der Waals surface area contributed by atoms with Crippen molar-refractivity contribution < 1.29 is 19.1 Å². The Hall–Kier alpha value is -3.77. The van der Waals surface area contributed by atoms with Crippen LogP contribution < -0.4 is 20.7 Å². The summed E-state index contributed by atoms with van der Waals surface area (Å²) in [4.78, 5) is 29.1. The first-order valence-corrected chi connectivity index (χ1v) is 13.3. The van der Waals surface area contributed by atoms with Gasteiger partial charge in [-0.15, -0.1) is 0 Å². The van der Waals surface area contributed by atoms with Crippen LogP contribution in [-0.2, 0) is 9.53 Å². The number of amides is 3. The third-order valence-electron chi connectivity index (χ3n) is 8.19. The lowest BCUT2D eigenvalue weighted by Crippen LogP contribution is -2.51. The molecule has 1 aliphatic carbocycles. The molecule has 0 unspecified atom stereocenters. The van der Waals surface area contributed by atoms with E-state index in [1.54, 1.807) is 25.3 Å². The summed E-state index contributed by atoms with van der Waals surface area (Å²) in [5, 5.41) is 18.9. The molecule has 0 spiro atoms. The van der Waals surface area contributed by atoms with Gasteiger partial charge < -0.3 is 30.3 Å². The number of hydrogen-bond acceptors (Lipinski definition) is 6. The Labute approximate surface area is 223 Å². The number of fused-ring (bicyclic) bond motifs is 3. The number of anilines is 2. The van der Waals surface area contributed by atoms with E-state index >= 15 is 0 Å². The zero-order chi connectivity index (χ0) is 26.6. The van der Waals surface area contributed by atoms with Gasteiger partial charge in [0.15, 0.2) is 0 Å². The van der Waals surface area contributed by atoms with E-state index in [1.165, 1.54) is 7.11 Å². The van der Waals surface area contributed by atoms with Gasteiger partial charge in [-0.3, -0.25) is 4.79 Å². The fourth-order valence-electron chi connectivity index (χ4n) is 6.44. The molecule has 1 saturated heterocycles. The number of likely N-dealkylation sites (tertiary alicyclic amines) is 1. The van der Waals surface area contributed by atoms with Crippen LogP contribution in [0.3, 0.4) is 0 Å². The maximum atomic E-state index is 14.1. The molecule has 200 valence electrons. The largest absolute Gasteiger partial charge is 0.495 e. The maximum Gasteiger partial charge on any atom is 0.319 e. The number of carbonyl (C=O) groups excluding carboxylic acids is 2. The summed E-state index contributed by atoms with van der Waals surface area (Å²) >= 11 is 0. The Morgan fingerprint density at radius 3 is 2.74 bits per heavy atom. The van der Waals surface area contributed by atoms with Gasteiger partial charge in [0.2, 0.25) is 5.91 Å². The van der Waals surface area contributed by atoms with Gasteiger partial charge >= 0.3 is 6.03 Å². The number of nitrogens with one attached hydrogen (secondary N) is 3. The highest BCUT2D eigenvalue weighted by molar-refractivity contribution is 5.90. The van der Waals surface area contributed by atoms with Gasteiger partial charge in [-0.25, -0.2) is 4.79 Å². The number of nitrogens with zero attached hydrogens (tertiary/aromatic N) is 2. The van der Waals surface area contributed by atoms with Gasteiger partial charge in [0.1, 0.15) is 11.8 Å². The zero-order valence-electron chi connectivity index (χ0n) is 21.9. The smallest absolute Gasteiger partial charge is 0.319 e. The predicted molar refractivity (Wildman–Crippen MR) is 144 cm³/mol. The second-order valence-electron chi connectivity index (χ2n) is 10.3. The Kier molecular flexibility index (Phi) is 7.70. The third kappa shape index (κ3) is 5.01. The minimum atomic E-state index is -0.379. The van der Waals surface area contributed by atoms with E-state index in [1.807, 2.05) is 12.1 Å². The van der Waals surface area contributed by atoms with E-state index in [2.05, 4.69) is 39.1 Å². The predicted octanol–water partition coefficient (Wildman–Crippen LogP) is 4.28. The van der Waals surface area contributed by atoms with Crippen molar-refractivity contribution >= 4 is 23.3 Å². The quantitative estimate of drug-likeness (QED) is 0.527. The Morgan fingerprint density at radius 1 is 1.13 bits per heavy atom. The molecule has 2 aliphatic heterocycles. The molecule has 0 bridgehead atoms. The lowest BCUT2D eigenvalue weighted by molar-refractivity contribution is -0.138. The van der Waals surface area contributed by atoms with Crippen LogP contribution >= 0.6 is 0 Å². The van der Waals surface area contributed by atoms with Crippen molar-refractivity contribution in [3.63, 3.8) is 0 Å². The summed E-state index contributed by atoms with van der Waals surface area (Å²) in [6, 6.07) is 14.7. The fraction of sp³-hybridized carbons (Fsp3) is 0.483. The Bertz CT molecular complexity index is 1230. The molecule has 2 fully saturated rings. The third-order valence-corrected chi connectivity index (χ3v) is 8.19. The van der Waals surface area contributed by atoms with Crippen molar-refractivity contribution in [3.8, 4) is 11.8 Å². The maximum absolute atomic E-state index is 14.1. The number of carbonyl (C=O) groups is 2. The molecule has 3 aliphatic rings. The molecule has 1 saturated carbocycles. The Balaban J connectivity index is 1.31. The second kappa shape index (κ2) is 11.3. The average Bonchev–Trinajstić information content (AvgIpc) is 3.39. The minimum absolute atomic E-state index is 0.000190. The minimum Gasteiger partial charge on any atom is -0.495 e. The standard InChI is InChI=1S/C29H35N5O4/c1-37-17-25-21-13-14-34(27(21)20-7-3-5-9-23(20)32-25)28(35)22-8-4-6-10-24(22)33-29(36)31-19-11-12-26(38-2)18(15-19)16-30/h3,5,7,9,11-12,15,21-22,24-25,27,32H,4,6,8,10,13-14,17H2,1-2H3,(H2,31,33,36)/t21-,22-,24+,25-,27-/m0/s1. The molecule has 9 nitrogen and oxygen atoms in total. The van der Waals surface area contributed by atoms with Gasteiger partial charge in [-0.1, -0.05) is 31.0 Å². The first kappa shape index (κ1) is 25.9. The number of rotatable bonds is 6. The number of ether oxygens (including phenoxy) is 2. The molecule has 0 aromatic heterocycles. The number of urea groups is 1. The van der Waals surface area contributed by atoms with Crippen LogP contribution in [0.5, 0.6) is 5.75 Å². The van der Waals surface area contributed by atoms with Crippen molar-refractivity contribution in [2.24, 2.45) is 11.8 Å². The number of benzene rings is 2. The average molecular weight is 518 g/mol. The Morgan fingerprint density at radius 2 is 1.95 bits per heavy atom. The molecule has 3 N–H and O–H groups in total. The molecule has 2 aromatic carbocycles. The molecule has 5 atom stereocenters. The summed E-state index contributed by atoms with van der Waals surface area (Å²) in [5.41, 5.74) is 3.05. The van der Waals surface area contributed by atoms with Crippen LogP contribution in [-0.4, -0.2) is 56.3 Å². The van der Waals surface area contributed by atoms with Crippen molar-refractivity contribution in [2.75, 3.05) is 38.0 Å². The fourth-order valence-corrected chi connectivity index (χ4v) is 6.44. The summed E-state index contributed by atoms with van der Waals surface area (Å²) in [6.07, 6.45) is 4.34. The van der Waals surface area contributed by atoms with Crippen molar-refractivity contribution in [2.45, 2.75) is 50.2 Å². The molecule has 0 radical (unpaired) electrons. The topological polar surface area (TPSA) is 116 Å². The van der Waals surface area contributed by atoms with Crippen LogP contribution in [0.1, 0.15) is 49.3 Å². The highest BCUT2D eigenvalue weighted by atomic mass is 16.5. The molecular formula is C29H35N5O4. The summed E-state index contributed by atoms with van der Waals surface area (Å²) in [6.45, 7) is 1.28. The molecule has 9 heteroatoms. The van der Waals surface area contributed by atoms with Crippen LogP contribution in [0, 0.1) is 23.2 Å². The highest BCUT2D eigenvalue weighted by Crippen LogP contribution is 2.47. The zero-order valence-corrected chi connectivity index (χ0v) is 21.9. The summed E-state index contributed by atoms with van der Waals surface area (Å²) in [7, 11) is 3.21. The normalized spacial score (nSPS) is 25.8. The molecule has 2 aromatic rings. The van der Waals surface area contributed by atoms with E-state index in [9.17, 15) is 14.9 Å². The molecule has 3 amide bonds. The number of para-hydroxylation sites is 1.